The Bertz CT molecular complexity index is 876. The molecule has 0 aliphatic carbocycles. The minimum Gasteiger partial charge on any atom is -0.463 e. The van der Waals surface area contributed by atoms with Gasteiger partial charge >= 0.3 is 5.97 Å². The van der Waals surface area contributed by atoms with Crippen LogP contribution in [0.25, 0.3) is 0 Å². The normalized spacial score (nSPS) is 10.8. The molecule has 0 bridgehead atoms. The average molecular weight is 395 g/mol. The van der Waals surface area contributed by atoms with E-state index in [-0.39, 0.29) is 11.7 Å². The number of nitro benzene ring substituents is 1. The number of non-ortho nitro benzene ring substituents is 1. The van der Waals surface area contributed by atoms with E-state index in [4.69, 9.17) is 4.74 Å². The molecule has 0 saturated heterocycles. The van der Waals surface area contributed by atoms with Crippen LogP contribution in [0, 0.1) is 17.0 Å². The number of unbranched alkanes of at least 4 members (excludes halogenated alkanes) is 3. The van der Waals surface area contributed by atoms with Crippen LogP contribution in [-0.4, -0.2) is 17.5 Å². The number of azo groups is 1. The van der Waals surface area contributed by atoms with Gasteiger partial charge in [-0.2, -0.15) is 10.2 Å². The van der Waals surface area contributed by atoms with E-state index < -0.39 is 4.92 Å². The molecule has 7 nitrogen and oxygen atoms in total. The van der Waals surface area contributed by atoms with Crippen molar-refractivity contribution in [2.45, 2.75) is 39.0 Å². The maximum Gasteiger partial charge on any atom is 0.330 e. The van der Waals surface area contributed by atoms with E-state index in [1.54, 1.807) is 12.1 Å². The summed E-state index contributed by atoms with van der Waals surface area (Å²) in [6, 6.07) is 11.9. The first-order chi connectivity index (χ1) is 14.0. The second-order valence-corrected chi connectivity index (χ2v) is 6.62. The third-order valence-corrected chi connectivity index (χ3v) is 4.42. The van der Waals surface area contributed by atoms with Gasteiger partial charge in [0.2, 0.25) is 0 Å². The van der Waals surface area contributed by atoms with Gasteiger partial charge in [0.1, 0.15) is 0 Å². The van der Waals surface area contributed by atoms with Crippen molar-refractivity contribution in [3.8, 4) is 0 Å². The molecule has 2 aromatic carbocycles. The lowest BCUT2D eigenvalue weighted by molar-refractivity contribution is -0.384. The highest BCUT2D eigenvalue weighted by atomic mass is 16.6. The number of aryl methyl sites for hydroxylation is 2. The zero-order valence-electron chi connectivity index (χ0n) is 16.5. The van der Waals surface area contributed by atoms with Gasteiger partial charge in [-0.15, -0.1) is 0 Å². The molecule has 0 unspecified atom stereocenters. The number of nitro groups is 1. The second-order valence-electron chi connectivity index (χ2n) is 6.62. The van der Waals surface area contributed by atoms with Gasteiger partial charge in [0, 0.05) is 18.2 Å². The molecule has 0 radical (unpaired) electrons. The number of hydrogen-bond acceptors (Lipinski definition) is 6. The number of esters is 1. The van der Waals surface area contributed by atoms with Gasteiger partial charge in [-0.05, 0) is 61.6 Å². The largest absolute Gasteiger partial charge is 0.463 e. The molecule has 0 aromatic heterocycles. The standard InChI is InChI=1S/C22H25N3O4/c1-3-22(26)29-15-7-5-4-6-8-18-9-10-20(16-17(18)2)24-23-19-11-13-21(14-12-19)25(27)28/h3,9-14,16H,1,4-8,15H2,2H3. The predicted molar refractivity (Wildman–Crippen MR) is 112 cm³/mol. The molecule has 0 heterocycles. The molecule has 0 saturated carbocycles. The molecule has 152 valence electrons. The quantitative estimate of drug-likeness (QED) is 0.114. The fraction of sp³-hybridized carbons (Fsp3) is 0.318. The molecule has 0 spiro atoms. The van der Waals surface area contributed by atoms with Gasteiger partial charge in [-0.3, -0.25) is 10.1 Å². The third kappa shape index (κ3) is 7.65. The summed E-state index contributed by atoms with van der Waals surface area (Å²) in [6.45, 7) is 5.86. The van der Waals surface area contributed by atoms with Crippen LogP contribution >= 0.6 is 0 Å². The van der Waals surface area contributed by atoms with E-state index >= 15 is 0 Å². The van der Waals surface area contributed by atoms with E-state index in [0.717, 1.165) is 43.4 Å². The van der Waals surface area contributed by atoms with Gasteiger partial charge in [0.25, 0.3) is 5.69 Å². The van der Waals surface area contributed by atoms with Crippen LogP contribution in [-0.2, 0) is 16.0 Å². The van der Waals surface area contributed by atoms with E-state index in [2.05, 4.69) is 29.8 Å². The molecule has 0 aliphatic heterocycles. The Morgan fingerprint density at radius 3 is 2.38 bits per heavy atom. The summed E-state index contributed by atoms with van der Waals surface area (Å²) in [5, 5.41) is 19.0. The van der Waals surface area contributed by atoms with Gasteiger partial charge in [0.05, 0.1) is 22.9 Å². The Balaban J connectivity index is 1.78. The number of ether oxygens (including phenoxy) is 1. The molecule has 0 aliphatic rings. The maximum absolute atomic E-state index is 10.9. The summed E-state index contributed by atoms with van der Waals surface area (Å²) >= 11 is 0. The fourth-order valence-electron chi connectivity index (χ4n) is 2.78. The molecule has 2 aromatic rings. The average Bonchev–Trinajstić information content (AvgIpc) is 2.72. The maximum atomic E-state index is 10.9. The predicted octanol–water partition coefficient (Wildman–Crippen LogP) is 6.15. The summed E-state index contributed by atoms with van der Waals surface area (Å²) in [7, 11) is 0. The first kappa shape index (κ1) is 21.9. The number of carbonyl (C=O) groups excluding carboxylic acids is 1. The topological polar surface area (TPSA) is 94.2 Å². The van der Waals surface area contributed by atoms with Crippen molar-refractivity contribution >= 4 is 23.0 Å². The van der Waals surface area contributed by atoms with Crippen LogP contribution < -0.4 is 0 Å². The zero-order chi connectivity index (χ0) is 21.1. The Hall–Kier alpha value is -3.35. The molecule has 0 amide bonds. The minimum atomic E-state index is -0.444. The molecule has 0 fully saturated rings. The summed E-state index contributed by atoms with van der Waals surface area (Å²) < 4.78 is 4.95. The molecule has 0 N–H and O–H groups in total. The van der Waals surface area contributed by atoms with Crippen molar-refractivity contribution in [3.05, 3.63) is 76.4 Å². The van der Waals surface area contributed by atoms with Gasteiger partial charge in [-0.1, -0.05) is 25.5 Å². The van der Waals surface area contributed by atoms with Crippen LogP contribution in [0.5, 0.6) is 0 Å². The van der Waals surface area contributed by atoms with Crippen LogP contribution in [0.1, 0.15) is 36.8 Å². The van der Waals surface area contributed by atoms with Gasteiger partial charge in [0.15, 0.2) is 0 Å². The number of rotatable bonds is 11. The number of carbonyl (C=O) groups is 1. The number of nitrogens with zero attached hydrogens (tertiary/aromatic N) is 3. The van der Waals surface area contributed by atoms with Gasteiger partial charge in [-0.25, -0.2) is 4.79 Å². The van der Waals surface area contributed by atoms with Crippen molar-refractivity contribution in [1.82, 2.24) is 0 Å². The highest BCUT2D eigenvalue weighted by Crippen LogP contribution is 2.23. The van der Waals surface area contributed by atoms with Crippen LogP contribution in [0.2, 0.25) is 0 Å². The Morgan fingerprint density at radius 2 is 1.72 bits per heavy atom. The van der Waals surface area contributed by atoms with Crippen molar-refractivity contribution in [3.63, 3.8) is 0 Å². The molecular formula is C22H25N3O4. The van der Waals surface area contributed by atoms with Crippen LogP contribution in [0.15, 0.2) is 65.3 Å². The summed E-state index contributed by atoms with van der Waals surface area (Å²) in [5.74, 6) is -0.369. The van der Waals surface area contributed by atoms with E-state index in [0.29, 0.717) is 12.3 Å². The van der Waals surface area contributed by atoms with Crippen LogP contribution in [0.4, 0.5) is 17.1 Å². The zero-order valence-corrected chi connectivity index (χ0v) is 16.5. The molecule has 29 heavy (non-hydrogen) atoms. The van der Waals surface area contributed by atoms with Crippen molar-refractivity contribution in [1.29, 1.82) is 0 Å². The number of hydrogen-bond donors (Lipinski definition) is 0. The van der Waals surface area contributed by atoms with Crippen molar-refractivity contribution in [2.75, 3.05) is 6.61 Å². The summed E-state index contributed by atoms with van der Waals surface area (Å²) in [4.78, 5) is 21.2. The highest BCUT2D eigenvalue weighted by Gasteiger charge is 2.04. The van der Waals surface area contributed by atoms with E-state index in [1.807, 2.05) is 12.1 Å². The second kappa shape index (κ2) is 11.5. The lowest BCUT2D eigenvalue weighted by Gasteiger charge is -2.07. The smallest absolute Gasteiger partial charge is 0.330 e. The lowest BCUT2D eigenvalue weighted by Crippen LogP contribution is -2.01. The Kier molecular flexibility index (Phi) is 8.69. The lowest BCUT2D eigenvalue weighted by atomic mass is 10.0. The molecule has 0 atom stereocenters. The van der Waals surface area contributed by atoms with Gasteiger partial charge < -0.3 is 4.74 Å². The summed E-state index contributed by atoms with van der Waals surface area (Å²) in [6.07, 6.45) is 6.19. The minimum absolute atomic E-state index is 0.0296. The Labute approximate surface area is 170 Å². The SMILES string of the molecule is C=CC(=O)OCCCCCCc1ccc(N=Nc2ccc([N+](=O)[O-])cc2)cc1C. The van der Waals surface area contributed by atoms with E-state index in [9.17, 15) is 14.9 Å². The highest BCUT2D eigenvalue weighted by molar-refractivity contribution is 5.81. The molecule has 7 heteroatoms. The first-order valence-electron chi connectivity index (χ1n) is 9.54. The fourth-order valence-corrected chi connectivity index (χ4v) is 2.78. The third-order valence-electron chi connectivity index (χ3n) is 4.42. The van der Waals surface area contributed by atoms with E-state index in [1.165, 1.54) is 23.8 Å². The van der Waals surface area contributed by atoms with Crippen molar-refractivity contribution < 1.29 is 14.5 Å². The molecule has 2 rings (SSSR count). The monoisotopic (exact) mass is 395 g/mol. The van der Waals surface area contributed by atoms with Crippen molar-refractivity contribution in [2.24, 2.45) is 10.2 Å². The van der Waals surface area contributed by atoms with Crippen LogP contribution in [0.3, 0.4) is 0 Å². The Morgan fingerprint density at radius 1 is 1.07 bits per heavy atom. The molecular weight excluding hydrogens is 370 g/mol. The number of benzene rings is 2. The first-order valence-corrected chi connectivity index (χ1v) is 9.54. The summed E-state index contributed by atoms with van der Waals surface area (Å²) in [5.41, 5.74) is 3.77.